The van der Waals surface area contributed by atoms with Crippen molar-refractivity contribution in [1.82, 2.24) is 0 Å². The average Bonchev–Trinajstić information content (AvgIpc) is 2.15. The number of aliphatic carboxylic acids is 1. The summed E-state index contributed by atoms with van der Waals surface area (Å²) in [7, 11) is 0. The lowest BCUT2D eigenvalue weighted by Gasteiger charge is -2.08. The highest BCUT2D eigenvalue weighted by atomic mass is 79.9. The van der Waals surface area contributed by atoms with Crippen LogP contribution in [0.2, 0.25) is 0 Å². The van der Waals surface area contributed by atoms with E-state index in [0.29, 0.717) is 10.2 Å². The summed E-state index contributed by atoms with van der Waals surface area (Å²) in [6.45, 7) is 3.48. The van der Waals surface area contributed by atoms with Gasteiger partial charge in [0, 0.05) is 22.3 Å². The second kappa shape index (κ2) is 4.93. The molecule has 15 heavy (non-hydrogen) atoms. The van der Waals surface area contributed by atoms with Gasteiger partial charge < -0.3 is 10.4 Å². The van der Waals surface area contributed by atoms with Crippen molar-refractivity contribution in [2.24, 2.45) is 0 Å². The molecule has 0 amide bonds. The Morgan fingerprint density at radius 1 is 1.60 bits per heavy atom. The zero-order chi connectivity index (χ0) is 11.4. The number of hydrogen-bond acceptors (Lipinski definition) is 2. The standard InChI is InChI=1S/C10H9BrFNO2/c1-6(10(14)15)5-13-9-3-2-7(12)4-8(9)11/h2-4,13H,1,5H2,(H,14,15). The molecular formula is C10H9BrFNO2. The van der Waals surface area contributed by atoms with Crippen LogP contribution in [-0.2, 0) is 4.79 Å². The predicted molar refractivity (Wildman–Crippen MR) is 59.4 cm³/mol. The van der Waals surface area contributed by atoms with E-state index in [1.165, 1.54) is 18.2 Å². The molecule has 1 rings (SSSR count). The molecule has 0 spiro atoms. The smallest absolute Gasteiger partial charge is 0.332 e. The molecule has 1 aromatic carbocycles. The van der Waals surface area contributed by atoms with E-state index >= 15 is 0 Å². The van der Waals surface area contributed by atoms with Gasteiger partial charge in [0.1, 0.15) is 5.82 Å². The first-order valence-electron chi connectivity index (χ1n) is 4.10. The maximum Gasteiger partial charge on any atom is 0.332 e. The lowest BCUT2D eigenvalue weighted by Crippen LogP contribution is -2.11. The van der Waals surface area contributed by atoms with Gasteiger partial charge >= 0.3 is 5.97 Å². The summed E-state index contributed by atoms with van der Waals surface area (Å²) in [5.41, 5.74) is 0.671. The van der Waals surface area contributed by atoms with Crippen molar-refractivity contribution < 1.29 is 14.3 Å². The number of benzene rings is 1. The summed E-state index contributed by atoms with van der Waals surface area (Å²) in [5.74, 6) is -1.41. The molecule has 5 heteroatoms. The Labute approximate surface area is 94.7 Å². The third-order valence-electron chi connectivity index (χ3n) is 1.73. The van der Waals surface area contributed by atoms with Crippen LogP contribution in [0.15, 0.2) is 34.8 Å². The largest absolute Gasteiger partial charge is 0.478 e. The fourth-order valence-corrected chi connectivity index (χ4v) is 1.40. The SMILES string of the molecule is C=C(CNc1ccc(F)cc1Br)C(=O)O. The Kier molecular flexibility index (Phi) is 3.85. The minimum atomic E-state index is -1.05. The molecule has 0 fully saturated rings. The Morgan fingerprint density at radius 2 is 2.27 bits per heavy atom. The van der Waals surface area contributed by atoms with Gasteiger partial charge in [-0.05, 0) is 34.1 Å². The number of carbonyl (C=O) groups is 1. The van der Waals surface area contributed by atoms with Crippen LogP contribution in [0, 0.1) is 5.82 Å². The number of halogens is 2. The molecule has 0 bridgehead atoms. The summed E-state index contributed by atoms with van der Waals surface area (Å²) in [4.78, 5) is 10.4. The van der Waals surface area contributed by atoms with Gasteiger partial charge in [-0.3, -0.25) is 0 Å². The maximum absolute atomic E-state index is 12.7. The molecule has 80 valence electrons. The van der Waals surface area contributed by atoms with E-state index in [4.69, 9.17) is 5.11 Å². The van der Waals surface area contributed by atoms with Crippen molar-refractivity contribution in [3.63, 3.8) is 0 Å². The van der Waals surface area contributed by atoms with Crippen LogP contribution in [0.5, 0.6) is 0 Å². The highest BCUT2D eigenvalue weighted by Gasteiger charge is 2.05. The molecule has 0 aromatic heterocycles. The van der Waals surface area contributed by atoms with Crippen molar-refractivity contribution >= 4 is 27.6 Å². The van der Waals surface area contributed by atoms with E-state index in [0.717, 1.165) is 0 Å². The van der Waals surface area contributed by atoms with Gasteiger partial charge in [0.25, 0.3) is 0 Å². The first-order valence-corrected chi connectivity index (χ1v) is 4.90. The molecule has 0 saturated carbocycles. The van der Waals surface area contributed by atoms with Gasteiger partial charge in [0.15, 0.2) is 0 Å². The fraction of sp³-hybridized carbons (Fsp3) is 0.100. The topological polar surface area (TPSA) is 49.3 Å². The molecule has 0 heterocycles. The molecule has 0 aliphatic heterocycles. The molecule has 1 aromatic rings. The van der Waals surface area contributed by atoms with Crippen molar-refractivity contribution in [2.45, 2.75) is 0 Å². The van der Waals surface area contributed by atoms with Crippen LogP contribution >= 0.6 is 15.9 Å². The molecule has 0 saturated heterocycles. The second-order valence-corrected chi connectivity index (χ2v) is 3.74. The summed E-state index contributed by atoms with van der Waals surface area (Å²) < 4.78 is 13.2. The van der Waals surface area contributed by atoms with Gasteiger partial charge in [-0.2, -0.15) is 0 Å². The molecule has 0 radical (unpaired) electrons. The van der Waals surface area contributed by atoms with Crippen molar-refractivity contribution in [3.05, 3.63) is 40.6 Å². The highest BCUT2D eigenvalue weighted by molar-refractivity contribution is 9.10. The molecule has 2 N–H and O–H groups in total. The van der Waals surface area contributed by atoms with E-state index in [1.54, 1.807) is 0 Å². The van der Waals surface area contributed by atoms with Crippen molar-refractivity contribution in [3.8, 4) is 0 Å². The Morgan fingerprint density at radius 3 is 2.80 bits per heavy atom. The monoisotopic (exact) mass is 273 g/mol. The van der Waals surface area contributed by atoms with Crippen LogP contribution in [-0.4, -0.2) is 17.6 Å². The average molecular weight is 274 g/mol. The molecular weight excluding hydrogens is 265 g/mol. The number of hydrogen-bond donors (Lipinski definition) is 2. The summed E-state index contributed by atoms with van der Waals surface area (Å²) in [6, 6.07) is 4.11. The Bertz CT molecular complexity index is 406. The zero-order valence-electron chi connectivity index (χ0n) is 7.76. The quantitative estimate of drug-likeness (QED) is 0.830. The van der Waals surface area contributed by atoms with Gasteiger partial charge in [-0.1, -0.05) is 6.58 Å². The lowest BCUT2D eigenvalue weighted by molar-refractivity contribution is -0.132. The summed E-state index contributed by atoms with van der Waals surface area (Å²) in [5, 5.41) is 11.4. The Hall–Kier alpha value is -1.36. The first-order chi connectivity index (χ1) is 7.00. The van der Waals surface area contributed by atoms with Crippen LogP contribution in [0.4, 0.5) is 10.1 Å². The van der Waals surface area contributed by atoms with E-state index in [1.807, 2.05) is 0 Å². The molecule has 0 unspecified atom stereocenters. The van der Waals surface area contributed by atoms with Gasteiger partial charge in [0.2, 0.25) is 0 Å². The number of rotatable bonds is 4. The minimum Gasteiger partial charge on any atom is -0.478 e. The number of nitrogens with one attached hydrogen (secondary N) is 1. The van der Waals surface area contributed by atoms with E-state index in [2.05, 4.69) is 27.8 Å². The third-order valence-corrected chi connectivity index (χ3v) is 2.38. The molecule has 0 aliphatic carbocycles. The van der Waals surface area contributed by atoms with Crippen LogP contribution in [0.1, 0.15) is 0 Å². The maximum atomic E-state index is 12.7. The van der Waals surface area contributed by atoms with Crippen LogP contribution in [0.3, 0.4) is 0 Å². The van der Waals surface area contributed by atoms with Crippen LogP contribution in [0.25, 0.3) is 0 Å². The van der Waals surface area contributed by atoms with E-state index in [9.17, 15) is 9.18 Å². The van der Waals surface area contributed by atoms with Gasteiger partial charge in [-0.25, -0.2) is 9.18 Å². The van der Waals surface area contributed by atoms with Gasteiger partial charge in [0.05, 0.1) is 0 Å². The number of carboxylic acids is 1. The summed E-state index contributed by atoms with van der Waals surface area (Å²) >= 11 is 3.15. The fourth-order valence-electron chi connectivity index (χ4n) is 0.910. The van der Waals surface area contributed by atoms with Gasteiger partial charge in [-0.15, -0.1) is 0 Å². The zero-order valence-corrected chi connectivity index (χ0v) is 9.34. The van der Waals surface area contributed by atoms with Crippen molar-refractivity contribution in [1.29, 1.82) is 0 Å². The van der Waals surface area contributed by atoms with Crippen LogP contribution < -0.4 is 5.32 Å². The second-order valence-electron chi connectivity index (χ2n) is 2.89. The predicted octanol–water partition coefficient (Wildman–Crippen LogP) is 2.64. The minimum absolute atomic E-state index is 0.0474. The first kappa shape index (κ1) is 11.7. The number of anilines is 1. The lowest BCUT2D eigenvalue weighted by atomic mass is 10.2. The highest BCUT2D eigenvalue weighted by Crippen LogP contribution is 2.22. The normalized spacial score (nSPS) is 9.73. The number of carboxylic acid groups (broad SMARTS) is 1. The summed E-state index contributed by atoms with van der Waals surface area (Å²) in [6.07, 6.45) is 0. The molecule has 3 nitrogen and oxygen atoms in total. The third kappa shape index (κ3) is 3.36. The molecule has 0 aliphatic rings. The van der Waals surface area contributed by atoms with Crippen molar-refractivity contribution in [2.75, 3.05) is 11.9 Å². The van der Waals surface area contributed by atoms with E-state index < -0.39 is 5.97 Å². The van der Waals surface area contributed by atoms with E-state index in [-0.39, 0.29) is 17.9 Å². The molecule has 0 atom stereocenters. The Balaban J connectivity index is 2.66.